The van der Waals surface area contributed by atoms with Gasteiger partial charge in [0.15, 0.2) is 0 Å². The van der Waals surface area contributed by atoms with E-state index in [4.69, 9.17) is 9.47 Å². The third-order valence-corrected chi connectivity index (χ3v) is 5.41. The van der Waals surface area contributed by atoms with Gasteiger partial charge in [-0.1, -0.05) is 0 Å². The number of amides is 1. The highest BCUT2D eigenvalue weighted by atomic mass is 16.6. The standard InChI is InChI=1S/C18H32N2O4/c1-4-23-16(21)18(3)9-13-19(14-10-18)15-7-6-11-20(12-8-15)17(22)24-5-2/h15H,4-14H2,1-3H3. The van der Waals surface area contributed by atoms with Gasteiger partial charge in [0.2, 0.25) is 0 Å². The van der Waals surface area contributed by atoms with Crippen LogP contribution in [0.1, 0.15) is 52.9 Å². The number of nitrogens with zero attached hydrogens (tertiary/aromatic N) is 2. The van der Waals surface area contributed by atoms with Crippen LogP contribution in [0, 0.1) is 5.41 Å². The second-order valence-electron chi connectivity index (χ2n) is 7.09. The topological polar surface area (TPSA) is 59.1 Å². The van der Waals surface area contributed by atoms with E-state index < -0.39 is 0 Å². The number of esters is 1. The number of carbonyl (C=O) groups excluding carboxylic acids is 2. The molecule has 1 amide bonds. The van der Waals surface area contributed by atoms with Crippen LogP contribution in [0.3, 0.4) is 0 Å². The molecule has 0 aromatic rings. The summed E-state index contributed by atoms with van der Waals surface area (Å²) in [5, 5.41) is 0. The van der Waals surface area contributed by atoms with Crippen LogP contribution in [0.25, 0.3) is 0 Å². The SMILES string of the molecule is CCOC(=O)N1CCCC(N2CCC(C)(C(=O)OCC)CC2)CC1. The largest absolute Gasteiger partial charge is 0.466 e. The zero-order valence-electron chi connectivity index (χ0n) is 15.4. The van der Waals surface area contributed by atoms with Crippen molar-refractivity contribution in [2.45, 2.75) is 58.9 Å². The number of piperidine rings is 1. The molecule has 0 spiro atoms. The fourth-order valence-electron chi connectivity index (χ4n) is 3.73. The van der Waals surface area contributed by atoms with E-state index in [0.717, 1.165) is 58.3 Å². The lowest BCUT2D eigenvalue weighted by Crippen LogP contribution is -2.47. The van der Waals surface area contributed by atoms with Gasteiger partial charge in [-0.05, 0) is 66.0 Å². The highest BCUT2D eigenvalue weighted by Gasteiger charge is 2.39. The van der Waals surface area contributed by atoms with Gasteiger partial charge in [0.05, 0.1) is 18.6 Å². The minimum absolute atomic E-state index is 0.0565. The Kier molecular flexibility index (Phi) is 6.90. The van der Waals surface area contributed by atoms with Crippen molar-refractivity contribution in [3.05, 3.63) is 0 Å². The maximum absolute atomic E-state index is 12.1. The summed E-state index contributed by atoms with van der Waals surface area (Å²) in [5.74, 6) is -0.0565. The summed E-state index contributed by atoms with van der Waals surface area (Å²) in [6.07, 6.45) is 4.61. The van der Waals surface area contributed by atoms with E-state index in [1.54, 1.807) is 0 Å². The summed E-state index contributed by atoms with van der Waals surface area (Å²) in [7, 11) is 0. The van der Waals surface area contributed by atoms with Crippen LogP contribution in [0.5, 0.6) is 0 Å². The molecule has 6 heteroatoms. The van der Waals surface area contributed by atoms with Crippen molar-refractivity contribution in [1.82, 2.24) is 9.80 Å². The van der Waals surface area contributed by atoms with E-state index in [1.807, 2.05) is 25.7 Å². The molecule has 1 atom stereocenters. The fraction of sp³-hybridized carbons (Fsp3) is 0.889. The molecule has 0 bridgehead atoms. The molecule has 1 unspecified atom stereocenters. The van der Waals surface area contributed by atoms with Crippen molar-refractivity contribution in [2.75, 3.05) is 39.4 Å². The first-order valence-corrected chi connectivity index (χ1v) is 9.33. The van der Waals surface area contributed by atoms with E-state index in [9.17, 15) is 9.59 Å². The summed E-state index contributed by atoms with van der Waals surface area (Å²) in [5.41, 5.74) is -0.339. The Hall–Kier alpha value is -1.30. The molecule has 2 saturated heterocycles. The van der Waals surface area contributed by atoms with Crippen LogP contribution >= 0.6 is 0 Å². The van der Waals surface area contributed by atoms with Gasteiger partial charge in [-0.3, -0.25) is 4.79 Å². The van der Waals surface area contributed by atoms with Crippen LogP contribution in [0.2, 0.25) is 0 Å². The summed E-state index contributed by atoms with van der Waals surface area (Å²) in [6, 6.07) is 0.496. The maximum atomic E-state index is 12.1. The molecule has 6 nitrogen and oxygen atoms in total. The van der Waals surface area contributed by atoms with Crippen LogP contribution in [-0.2, 0) is 14.3 Å². The number of hydrogen-bond acceptors (Lipinski definition) is 5. The van der Waals surface area contributed by atoms with Gasteiger partial charge < -0.3 is 19.3 Å². The first kappa shape index (κ1) is 19.0. The van der Waals surface area contributed by atoms with Crippen molar-refractivity contribution in [3.8, 4) is 0 Å². The molecule has 2 heterocycles. The Morgan fingerprint density at radius 1 is 1.00 bits per heavy atom. The van der Waals surface area contributed by atoms with Crippen LogP contribution < -0.4 is 0 Å². The van der Waals surface area contributed by atoms with Gasteiger partial charge >= 0.3 is 12.1 Å². The monoisotopic (exact) mass is 340 g/mol. The van der Waals surface area contributed by atoms with Gasteiger partial charge in [0.25, 0.3) is 0 Å². The first-order valence-electron chi connectivity index (χ1n) is 9.33. The average Bonchev–Trinajstić information content (AvgIpc) is 2.82. The zero-order chi connectivity index (χ0) is 17.6. The normalized spacial score (nSPS) is 25.0. The molecule has 2 rings (SSSR count). The number of rotatable bonds is 4. The Bertz CT molecular complexity index is 433. The molecular formula is C18H32N2O4. The molecule has 24 heavy (non-hydrogen) atoms. The predicted molar refractivity (Wildman–Crippen MR) is 91.8 cm³/mol. The molecule has 0 aromatic carbocycles. The molecule has 2 fully saturated rings. The highest BCUT2D eigenvalue weighted by molar-refractivity contribution is 5.76. The van der Waals surface area contributed by atoms with Gasteiger partial charge in [-0.2, -0.15) is 0 Å². The van der Waals surface area contributed by atoms with E-state index >= 15 is 0 Å². The third-order valence-electron chi connectivity index (χ3n) is 5.41. The van der Waals surface area contributed by atoms with Crippen LogP contribution in [-0.4, -0.2) is 67.3 Å². The fourth-order valence-corrected chi connectivity index (χ4v) is 3.73. The maximum Gasteiger partial charge on any atom is 0.409 e. The molecule has 2 aliphatic heterocycles. The van der Waals surface area contributed by atoms with Crippen molar-refractivity contribution < 1.29 is 19.1 Å². The van der Waals surface area contributed by atoms with Crippen molar-refractivity contribution in [3.63, 3.8) is 0 Å². The van der Waals surface area contributed by atoms with E-state index in [0.29, 0.717) is 19.3 Å². The summed E-state index contributed by atoms with van der Waals surface area (Å²) < 4.78 is 10.3. The number of likely N-dealkylation sites (tertiary alicyclic amines) is 2. The Morgan fingerprint density at radius 2 is 1.67 bits per heavy atom. The van der Waals surface area contributed by atoms with Crippen molar-refractivity contribution in [1.29, 1.82) is 0 Å². The Balaban J connectivity index is 1.84. The Labute approximate surface area is 145 Å². The highest BCUT2D eigenvalue weighted by Crippen LogP contribution is 2.34. The Morgan fingerprint density at radius 3 is 2.29 bits per heavy atom. The average molecular weight is 340 g/mol. The third kappa shape index (κ3) is 4.62. The number of carbonyl (C=O) groups is 2. The summed E-state index contributed by atoms with van der Waals surface area (Å²) in [4.78, 5) is 28.4. The molecule has 0 saturated carbocycles. The van der Waals surface area contributed by atoms with E-state index in [-0.39, 0.29) is 17.5 Å². The van der Waals surface area contributed by atoms with Crippen molar-refractivity contribution >= 4 is 12.1 Å². The van der Waals surface area contributed by atoms with Gasteiger partial charge in [-0.15, -0.1) is 0 Å². The minimum atomic E-state index is -0.339. The van der Waals surface area contributed by atoms with E-state index in [2.05, 4.69) is 4.90 Å². The number of ether oxygens (including phenoxy) is 2. The molecule has 0 aliphatic carbocycles. The van der Waals surface area contributed by atoms with Gasteiger partial charge in [0, 0.05) is 19.1 Å². The molecule has 0 aromatic heterocycles. The van der Waals surface area contributed by atoms with Gasteiger partial charge in [-0.25, -0.2) is 4.79 Å². The summed E-state index contributed by atoms with van der Waals surface area (Å²) >= 11 is 0. The molecule has 0 radical (unpaired) electrons. The zero-order valence-corrected chi connectivity index (χ0v) is 15.4. The molecular weight excluding hydrogens is 308 g/mol. The quantitative estimate of drug-likeness (QED) is 0.737. The smallest absolute Gasteiger partial charge is 0.409 e. The molecule has 0 N–H and O–H groups in total. The lowest BCUT2D eigenvalue weighted by Gasteiger charge is -2.41. The van der Waals surface area contributed by atoms with Gasteiger partial charge in [0.1, 0.15) is 0 Å². The minimum Gasteiger partial charge on any atom is -0.466 e. The van der Waals surface area contributed by atoms with E-state index in [1.165, 1.54) is 0 Å². The van der Waals surface area contributed by atoms with Crippen molar-refractivity contribution in [2.24, 2.45) is 5.41 Å². The van der Waals surface area contributed by atoms with Crippen LogP contribution in [0.15, 0.2) is 0 Å². The second kappa shape index (κ2) is 8.70. The number of hydrogen-bond donors (Lipinski definition) is 0. The lowest BCUT2D eigenvalue weighted by molar-refractivity contribution is -0.157. The summed E-state index contributed by atoms with van der Waals surface area (Å²) in [6.45, 7) is 10.0. The molecule has 2 aliphatic rings. The predicted octanol–water partition coefficient (Wildman–Crippen LogP) is 2.66. The van der Waals surface area contributed by atoms with Crippen LogP contribution in [0.4, 0.5) is 4.79 Å². The lowest BCUT2D eigenvalue weighted by atomic mass is 9.80. The first-order chi connectivity index (χ1) is 11.5. The second-order valence-corrected chi connectivity index (χ2v) is 7.09. The molecule has 138 valence electrons.